The van der Waals surface area contributed by atoms with Gasteiger partial charge in [0.05, 0.1) is 12.5 Å². The van der Waals surface area contributed by atoms with Gasteiger partial charge in [-0.2, -0.15) is 0 Å². The van der Waals surface area contributed by atoms with Gasteiger partial charge in [0.15, 0.2) is 0 Å². The Hall–Kier alpha value is -1.31. The largest absolute Gasteiger partial charge is 0.469 e. The molecule has 3 aliphatic carbocycles. The minimum atomic E-state index is -0.124. The van der Waals surface area contributed by atoms with Crippen molar-refractivity contribution in [2.24, 2.45) is 17.3 Å². The third-order valence-corrected chi connectivity index (χ3v) is 5.48. The molecule has 1 aromatic carbocycles. The summed E-state index contributed by atoms with van der Waals surface area (Å²) in [5, 5.41) is 0. The van der Waals surface area contributed by atoms with Gasteiger partial charge in [0.25, 0.3) is 0 Å². The van der Waals surface area contributed by atoms with Crippen molar-refractivity contribution in [3.63, 3.8) is 0 Å². The lowest BCUT2D eigenvalue weighted by Crippen LogP contribution is -2.26. The van der Waals surface area contributed by atoms with Crippen molar-refractivity contribution in [3.05, 3.63) is 35.9 Å². The second-order valence-electron chi connectivity index (χ2n) is 5.63. The Morgan fingerprint density at radius 1 is 1.24 bits per heavy atom. The zero-order valence-corrected chi connectivity index (χ0v) is 9.98. The number of esters is 1. The summed E-state index contributed by atoms with van der Waals surface area (Å²) < 4.78 is 5.06. The molecule has 0 radical (unpaired) electrons. The van der Waals surface area contributed by atoms with Crippen LogP contribution >= 0.6 is 0 Å². The van der Waals surface area contributed by atoms with E-state index in [0.717, 1.165) is 0 Å². The molecule has 0 saturated heterocycles. The van der Waals surface area contributed by atoms with Crippen molar-refractivity contribution in [1.82, 2.24) is 0 Å². The number of carbonyl (C=O) groups is 1. The number of hydrogen-bond donors (Lipinski definition) is 0. The van der Waals surface area contributed by atoms with Crippen LogP contribution in [0.1, 0.15) is 24.8 Å². The van der Waals surface area contributed by atoms with E-state index in [9.17, 15) is 4.79 Å². The molecule has 17 heavy (non-hydrogen) atoms. The van der Waals surface area contributed by atoms with Crippen LogP contribution in [-0.2, 0) is 14.9 Å². The molecule has 2 atom stereocenters. The Kier molecular flexibility index (Phi) is 1.56. The van der Waals surface area contributed by atoms with E-state index in [1.807, 2.05) is 6.07 Å². The summed E-state index contributed by atoms with van der Waals surface area (Å²) in [5.41, 5.74) is 1.40. The maximum Gasteiger partial charge on any atom is 0.313 e. The molecule has 1 aromatic rings. The van der Waals surface area contributed by atoms with Gasteiger partial charge in [-0.1, -0.05) is 36.8 Å². The summed E-state index contributed by atoms with van der Waals surface area (Å²) in [6.45, 7) is 0. The third kappa shape index (κ3) is 0.763. The number of fused-ring (bicyclic) bond motifs is 2. The smallest absolute Gasteiger partial charge is 0.313 e. The lowest BCUT2D eigenvalue weighted by molar-refractivity contribution is -0.146. The normalized spacial score (nSPS) is 44.8. The maximum atomic E-state index is 12.1. The Morgan fingerprint density at radius 2 is 1.88 bits per heavy atom. The Balaban J connectivity index is 1.80. The maximum absolute atomic E-state index is 12.1. The van der Waals surface area contributed by atoms with Crippen LogP contribution < -0.4 is 0 Å². The first-order valence-corrected chi connectivity index (χ1v) is 6.45. The van der Waals surface area contributed by atoms with E-state index in [1.54, 1.807) is 0 Å². The van der Waals surface area contributed by atoms with E-state index in [4.69, 9.17) is 4.74 Å². The zero-order chi connectivity index (χ0) is 11.7. The molecule has 3 saturated carbocycles. The van der Waals surface area contributed by atoms with E-state index in [2.05, 4.69) is 24.3 Å². The number of carbonyl (C=O) groups excluding carboxylic acids is 1. The first kappa shape index (κ1) is 9.69. The fourth-order valence-corrected chi connectivity index (χ4v) is 5.01. The van der Waals surface area contributed by atoms with Gasteiger partial charge < -0.3 is 4.74 Å². The molecule has 4 rings (SSSR count). The molecule has 0 amide bonds. The highest BCUT2D eigenvalue weighted by Gasteiger charge is 3.01. The van der Waals surface area contributed by atoms with E-state index in [-0.39, 0.29) is 16.8 Å². The number of methoxy groups -OCH3 is 1. The lowest BCUT2D eigenvalue weighted by atomic mass is 9.77. The monoisotopic (exact) mass is 228 g/mol. The van der Waals surface area contributed by atoms with Gasteiger partial charge in [-0.3, -0.25) is 4.79 Å². The highest BCUT2D eigenvalue weighted by molar-refractivity contribution is 5.93. The van der Waals surface area contributed by atoms with Gasteiger partial charge in [0.2, 0.25) is 0 Å². The molecule has 3 aliphatic rings. The topological polar surface area (TPSA) is 26.3 Å². The summed E-state index contributed by atoms with van der Waals surface area (Å²) >= 11 is 0. The molecule has 0 heterocycles. The minimum Gasteiger partial charge on any atom is -0.469 e. The molecule has 88 valence electrons. The van der Waals surface area contributed by atoms with Gasteiger partial charge >= 0.3 is 5.97 Å². The van der Waals surface area contributed by atoms with Crippen molar-refractivity contribution in [2.45, 2.75) is 24.7 Å². The first-order chi connectivity index (χ1) is 8.31. The summed E-state index contributed by atoms with van der Waals surface area (Å²) in [6, 6.07) is 10.6. The highest BCUT2D eigenvalue weighted by Crippen LogP contribution is 2.97. The first-order valence-electron chi connectivity index (χ1n) is 6.45. The average Bonchev–Trinajstić information content (AvgIpc) is 3.26. The fourth-order valence-electron chi connectivity index (χ4n) is 5.01. The van der Waals surface area contributed by atoms with Gasteiger partial charge in [-0.15, -0.1) is 0 Å². The van der Waals surface area contributed by atoms with E-state index < -0.39 is 0 Å². The molecule has 0 spiro atoms. The highest BCUT2D eigenvalue weighted by atomic mass is 16.5. The SMILES string of the molecule is COC(=O)C12C3CCCC1C32c1ccccc1. The molecule has 0 aliphatic heterocycles. The Labute approximate surface area is 101 Å². The standard InChI is InChI=1S/C15H16O2/c1-17-13(16)15-11-8-5-9-12(15)14(11,15)10-6-3-2-4-7-10/h2-4,6-7,11-12H,5,8-9H2,1H3. The zero-order valence-electron chi connectivity index (χ0n) is 9.98. The van der Waals surface area contributed by atoms with Crippen LogP contribution in [0.3, 0.4) is 0 Å². The van der Waals surface area contributed by atoms with Crippen LogP contribution in [0.2, 0.25) is 0 Å². The molecular weight excluding hydrogens is 212 g/mol. The van der Waals surface area contributed by atoms with Gasteiger partial charge in [-0.05, 0) is 30.2 Å². The predicted molar refractivity (Wildman–Crippen MR) is 63.4 cm³/mol. The Bertz CT molecular complexity index is 479. The van der Waals surface area contributed by atoms with Crippen LogP contribution in [0.5, 0.6) is 0 Å². The summed E-state index contributed by atoms with van der Waals surface area (Å²) in [7, 11) is 1.53. The van der Waals surface area contributed by atoms with Crippen LogP contribution in [0, 0.1) is 17.3 Å². The molecule has 3 fully saturated rings. The average molecular weight is 228 g/mol. The molecule has 0 N–H and O–H groups in total. The second kappa shape index (κ2) is 2.74. The van der Waals surface area contributed by atoms with Gasteiger partial charge in [-0.25, -0.2) is 0 Å². The predicted octanol–water partition coefficient (Wildman–Crippen LogP) is 2.53. The van der Waals surface area contributed by atoms with Crippen molar-refractivity contribution < 1.29 is 9.53 Å². The van der Waals surface area contributed by atoms with E-state index in [1.165, 1.54) is 31.9 Å². The molecule has 2 nitrogen and oxygen atoms in total. The fraction of sp³-hybridized carbons (Fsp3) is 0.533. The second-order valence-corrected chi connectivity index (χ2v) is 5.63. The van der Waals surface area contributed by atoms with Crippen LogP contribution in [0.4, 0.5) is 0 Å². The number of hydrogen-bond acceptors (Lipinski definition) is 2. The number of ether oxygens (including phenoxy) is 1. The number of rotatable bonds is 2. The quantitative estimate of drug-likeness (QED) is 0.727. The van der Waals surface area contributed by atoms with Crippen LogP contribution in [0.15, 0.2) is 30.3 Å². The van der Waals surface area contributed by atoms with Crippen molar-refractivity contribution in [1.29, 1.82) is 0 Å². The van der Waals surface area contributed by atoms with Gasteiger partial charge in [0, 0.05) is 5.41 Å². The van der Waals surface area contributed by atoms with E-state index in [0.29, 0.717) is 11.8 Å². The molecule has 2 unspecified atom stereocenters. The van der Waals surface area contributed by atoms with Crippen molar-refractivity contribution in [3.8, 4) is 0 Å². The van der Waals surface area contributed by atoms with Crippen LogP contribution in [0.25, 0.3) is 0 Å². The molecular formula is C15H16O2. The minimum absolute atomic E-state index is 0.0380. The summed E-state index contributed by atoms with van der Waals surface area (Å²) in [6.07, 6.45) is 3.67. The molecule has 0 bridgehead atoms. The lowest BCUT2D eigenvalue weighted by Gasteiger charge is -2.27. The number of benzene rings is 1. The molecule has 0 aromatic heterocycles. The third-order valence-electron chi connectivity index (χ3n) is 5.48. The Morgan fingerprint density at radius 3 is 2.47 bits per heavy atom. The van der Waals surface area contributed by atoms with Crippen molar-refractivity contribution in [2.75, 3.05) is 7.11 Å². The summed E-state index contributed by atoms with van der Waals surface area (Å²) in [4.78, 5) is 12.1. The van der Waals surface area contributed by atoms with Crippen LogP contribution in [-0.4, -0.2) is 13.1 Å². The summed E-state index contributed by atoms with van der Waals surface area (Å²) in [5.74, 6) is 1.16. The van der Waals surface area contributed by atoms with Crippen molar-refractivity contribution >= 4 is 5.97 Å². The van der Waals surface area contributed by atoms with Gasteiger partial charge in [0.1, 0.15) is 0 Å². The van der Waals surface area contributed by atoms with E-state index >= 15 is 0 Å². The molecule has 2 heteroatoms.